The van der Waals surface area contributed by atoms with Crippen molar-refractivity contribution in [3.63, 3.8) is 0 Å². The van der Waals surface area contributed by atoms with Crippen molar-refractivity contribution in [3.05, 3.63) is 0 Å². The Bertz CT molecular complexity index is 186. The summed E-state index contributed by atoms with van der Waals surface area (Å²) in [7, 11) is 0. The standard InChI is InChI=1S/C8H15NO3/c1-4-5(2)8(9,6(3)10)7(11)12/h5H,4,9H2,1-3H3,(H,11,12). The molecule has 0 saturated carbocycles. The molecule has 0 aliphatic rings. The number of carboxylic acids is 1. The van der Waals surface area contributed by atoms with Crippen LogP contribution in [0.5, 0.6) is 0 Å². The van der Waals surface area contributed by atoms with Crippen LogP contribution in [0.4, 0.5) is 0 Å². The van der Waals surface area contributed by atoms with Crippen molar-refractivity contribution in [2.45, 2.75) is 32.7 Å². The van der Waals surface area contributed by atoms with Gasteiger partial charge in [0.05, 0.1) is 0 Å². The lowest BCUT2D eigenvalue weighted by Crippen LogP contribution is -2.58. The zero-order chi connectivity index (χ0) is 9.94. The largest absolute Gasteiger partial charge is 0.480 e. The maximum Gasteiger partial charge on any atom is 0.331 e. The van der Waals surface area contributed by atoms with Crippen LogP contribution in [-0.4, -0.2) is 22.4 Å². The molecule has 3 N–H and O–H groups in total. The molecule has 70 valence electrons. The highest BCUT2D eigenvalue weighted by Gasteiger charge is 2.43. The number of carbonyl (C=O) groups excluding carboxylic acids is 1. The Labute approximate surface area is 71.8 Å². The highest BCUT2D eigenvalue weighted by atomic mass is 16.4. The molecule has 0 aromatic rings. The number of carbonyl (C=O) groups is 2. The van der Waals surface area contributed by atoms with Gasteiger partial charge in [0, 0.05) is 0 Å². The summed E-state index contributed by atoms with van der Waals surface area (Å²) in [4.78, 5) is 21.7. The molecule has 0 aliphatic heterocycles. The van der Waals surface area contributed by atoms with Gasteiger partial charge in [0.25, 0.3) is 0 Å². The van der Waals surface area contributed by atoms with E-state index in [1.807, 2.05) is 0 Å². The Hall–Kier alpha value is -0.900. The van der Waals surface area contributed by atoms with Crippen LogP contribution in [0.1, 0.15) is 27.2 Å². The van der Waals surface area contributed by atoms with E-state index in [0.29, 0.717) is 6.42 Å². The third kappa shape index (κ3) is 1.64. The Balaban J connectivity index is 4.87. The topological polar surface area (TPSA) is 80.4 Å². The number of carboxylic acid groups (broad SMARTS) is 1. The van der Waals surface area contributed by atoms with Gasteiger partial charge >= 0.3 is 5.97 Å². The summed E-state index contributed by atoms with van der Waals surface area (Å²) in [5.74, 6) is -2.08. The van der Waals surface area contributed by atoms with Gasteiger partial charge in [-0.2, -0.15) is 0 Å². The van der Waals surface area contributed by atoms with E-state index in [4.69, 9.17) is 10.8 Å². The van der Waals surface area contributed by atoms with Crippen LogP contribution in [-0.2, 0) is 9.59 Å². The maximum absolute atomic E-state index is 11.0. The van der Waals surface area contributed by atoms with Gasteiger partial charge < -0.3 is 10.8 Å². The second-order valence-corrected chi connectivity index (χ2v) is 3.04. The fourth-order valence-electron chi connectivity index (χ4n) is 1.03. The summed E-state index contributed by atoms with van der Waals surface area (Å²) in [6.07, 6.45) is 0.572. The van der Waals surface area contributed by atoms with Crippen molar-refractivity contribution in [2.75, 3.05) is 0 Å². The second kappa shape index (κ2) is 3.67. The molecule has 0 saturated heterocycles. The number of nitrogens with two attached hydrogens (primary N) is 1. The number of hydrogen-bond donors (Lipinski definition) is 2. The van der Waals surface area contributed by atoms with E-state index in [1.165, 1.54) is 6.92 Å². The summed E-state index contributed by atoms with van der Waals surface area (Å²) in [6.45, 7) is 4.67. The molecule has 4 heteroatoms. The van der Waals surface area contributed by atoms with Gasteiger partial charge in [0.15, 0.2) is 11.3 Å². The van der Waals surface area contributed by atoms with Crippen LogP contribution in [0.2, 0.25) is 0 Å². The normalized spacial score (nSPS) is 18.0. The highest BCUT2D eigenvalue weighted by Crippen LogP contribution is 2.19. The predicted molar refractivity (Wildman–Crippen MR) is 44.7 cm³/mol. The molecular weight excluding hydrogens is 158 g/mol. The van der Waals surface area contributed by atoms with Crippen LogP contribution in [0.3, 0.4) is 0 Å². The van der Waals surface area contributed by atoms with E-state index in [-0.39, 0.29) is 5.92 Å². The van der Waals surface area contributed by atoms with Crippen molar-refractivity contribution in [1.82, 2.24) is 0 Å². The first-order valence-corrected chi connectivity index (χ1v) is 3.90. The number of Topliss-reactive ketones (excluding diaryl/α,β-unsaturated/α-hetero) is 1. The molecule has 12 heavy (non-hydrogen) atoms. The van der Waals surface area contributed by atoms with E-state index in [1.54, 1.807) is 13.8 Å². The first-order valence-electron chi connectivity index (χ1n) is 3.90. The Morgan fingerprint density at radius 1 is 1.58 bits per heavy atom. The number of aliphatic carboxylic acids is 1. The summed E-state index contributed by atoms with van der Waals surface area (Å²) < 4.78 is 0. The van der Waals surface area contributed by atoms with E-state index in [2.05, 4.69) is 0 Å². The summed E-state index contributed by atoms with van der Waals surface area (Å²) in [6, 6.07) is 0. The first kappa shape index (κ1) is 11.1. The maximum atomic E-state index is 11.0. The van der Waals surface area contributed by atoms with Crippen molar-refractivity contribution in [2.24, 2.45) is 11.7 Å². The number of ketones is 1. The van der Waals surface area contributed by atoms with E-state index in [0.717, 1.165) is 0 Å². The number of rotatable bonds is 4. The fraction of sp³-hybridized carbons (Fsp3) is 0.750. The fourth-order valence-corrected chi connectivity index (χ4v) is 1.03. The molecule has 0 fully saturated rings. The monoisotopic (exact) mass is 173 g/mol. The van der Waals surface area contributed by atoms with Gasteiger partial charge in [0.2, 0.25) is 0 Å². The molecule has 0 bridgehead atoms. The molecule has 2 unspecified atom stereocenters. The molecule has 0 heterocycles. The minimum absolute atomic E-state index is 0.340. The quantitative estimate of drug-likeness (QED) is 0.603. The van der Waals surface area contributed by atoms with Crippen molar-refractivity contribution >= 4 is 11.8 Å². The lowest BCUT2D eigenvalue weighted by atomic mass is 9.81. The predicted octanol–water partition coefficient (Wildman–Crippen LogP) is 0.404. The lowest BCUT2D eigenvalue weighted by molar-refractivity contribution is -0.150. The van der Waals surface area contributed by atoms with Crippen LogP contribution in [0.15, 0.2) is 0 Å². The molecule has 0 radical (unpaired) electrons. The van der Waals surface area contributed by atoms with Crippen LogP contribution in [0, 0.1) is 5.92 Å². The lowest BCUT2D eigenvalue weighted by Gasteiger charge is -2.27. The summed E-state index contributed by atoms with van der Waals surface area (Å²) in [5, 5.41) is 8.76. The molecule has 0 amide bonds. The van der Waals surface area contributed by atoms with Crippen molar-refractivity contribution < 1.29 is 14.7 Å². The SMILES string of the molecule is CCC(C)C(N)(C(C)=O)C(=O)O. The summed E-state index contributed by atoms with van der Waals surface area (Å²) in [5.41, 5.74) is 3.78. The second-order valence-electron chi connectivity index (χ2n) is 3.04. The van der Waals surface area contributed by atoms with Gasteiger partial charge in [0.1, 0.15) is 0 Å². The Kier molecular flexibility index (Phi) is 3.39. The van der Waals surface area contributed by atoms with E-state index < -0.39 is 17.3 Å². The molecule has 4 nitrogen and oxygen atoms in total. The van der Waals surface area contributed by atoms with Gasteiger partial charge in [-0.25, -0.2) is 4.79 Å². The third-order valence-electron chi connectivity index (χ3n) is 2.33. The van der Waals surface area contributed by atoms with Crippen molar-refractivity contribution in [3.8, 4) is 0 Å². The Morgan fingerprint density at radius 2 is 2.00 bits per heavy atom. The van der Waals surface area contributed by atoms with Crippen molar-refractivity contribution in [1.29, 1.82) is 0 Å². The summed E-state index contributed by atoms with van der Waals surface area (Å²) >= 11 is 0. The van der Waals surface area contributed by atoms with Gasteiger partial charge in [-0.05, 0) is 12.8 Å². The molecular formula is C8H15NO3. The van der Waals surface area contributed by atoms with Gasteiger partial charge in [-0.1, -0.05) is 20.3 Å². The molecule has 0 aromatic carbocycles. The molecule has 0 spiro atoms. The van der Waals surface area contributed by atoms with Gasteiger partial charge in [-0.3, -0.25) is 4.79 Å². The highest BCUT2D eigenvalue weighted by molar-refractivity contribution is 6.06. The molecule has 0 aromatic heterocycles. The average molecular weight is 173 g/mol. The van der Waals surface area contributed by atoms with Crippen LogP contribution >= 0.6 is 0 Å². The first-order chi connectivity index (χ1) is 5.37. The van der Waals surface area contributed by atoms with E-state index >= 15 is 0 Å². The zero-order valence-electron chi connectivity index (χ0n) is 7.63. The van der Waals surface area contributed by atoms with Crippen LogP contribution < -0.4 is 5.73 Å². The zero-order valence-corrected chi connectivity index (χ0v) is 7.63. The molecule has 0 rings (SSSR count). The molecule has 0 aliphatic carbocycles. The minimum atomic E-state index is -1.71. The third-order valence-corrected chi connectivity index (χ3v) is 2.33. The Morgan fingerprint density at radius 3 is 2.08 bits per heavy atom. The van der Waals surface area contributed by atoms with Crippen LogP contribution in [0.25, 0.3) is 0 Å². The number of hydrogen-bond acceptors (Lipinski definition) is 3. The van der Waals surface area contributed by atoms with E-state index in [9.17, 15) is 9.59 Å². The van der Waals surface area contributed by atoms with Gasteiger partial charge in [-0.15, -0.1) is 0 Å². The smallest absolute Gasteiger partial charge is 0.331 e. The minimum Gasteiger partial charge on any atom is -0.480 e. The average Bonchev–Trinajstić information content (AvgIpc) is 2.00. The molecule has 2 atom stereocenters.